The van der Waals surface area contributed by atoms with Crippen molar-refractivity contribution >= 4 is 5.82 Å². The van der Waals surface area contributed by atoms with E-state index in [1.165, 1.54) is 16.7 Å². The van der Waals surface area contributed by atoms with E-state index < -0.39 is 0 Å². The molecule has 17 heavy (non-hydrogen) atoms. The summed E-state index contributed by atoms with van der Waals surface area (Å²) in [5, 5.41) is 0. The van der Waals surface area contributed by atoms with Crippen LogP contribution in [0.15, 0.2) is 36.5 Å². The summed E-state index contributed by atoms with van der Waals surface area (Å²) in [5.41, 5.74) is 10.9. The van der Waals surface area contributed by atoms with E-state index in [-0.39, 0.29) is 0 Å². The molecule has 0 aliphatic rings. The van der Waals surface area contributed by atoms with Gasteiger partial charge in [-0.1, -0.05) is 32.0 Å². The van der Waals surface area contributed by atoms with Crippen molar-refractivity contribution in [2.75, 3.05) is 5.73 Å². The van der Waals surface area contributed by atoms with Gasteiger partial charge in [0, 0.05) is 6.20 Å². The second-order valence-corrected chi connectivity index (χ2v) is 4.17. The molecule has 0 saturated carbocycles. The monoisotopic (exact) mass is 226 g/mol. The van der Waals surface area contributed by atoms with Crippen LogP contribution in [0.4, 0.5) is 5.82 Å². The van der Waals surface area contributed by atoms with Gasteiger partial charge in [-0.2, -0.15) is 0 Å². The average molecular weight is 226 g/mol. The van der Waals surface area contributed by atoms with Crippen LogP contribution in [0, 0.1) is 0 Å². The van der Waals surface area contributed by atoms with E-state index in [9.17, 15) is 0 Å². The summed E-state index contributed by atoms with van der Waals surface area (Å²) < 4.78 is 0. The van der Waals surface area contributed by atoms with E-state index in [0.29, 0.717) is 5.82 Å². The Morgan fingerprint density at radius 2 is 1.88 bits per heavy atom. The lowest BCUT2D eigenvalue weighted by atomic mass is 9.96. The zero-order valence-corrected chi connectivity index (χ0v) is 10.4. The zero-order chi connectivity index (χ0) is 12.3. The van der Waals surface area contributed by atoms with Crippen molar-refractivity contribution in [2.45, 2.75) is 26.7 Å². The molecule has 88 valence electrons. The first-order valence-electron chi connectivity index (χ1n) is 6.08. The standard InChI is InChI=1S/C15H18N2/c1-3-11-5-6-12(4-2)14(9-11)13-7-8-17-15(16)10-13/h5-10H,3-4H2,1-2H3,(H2,16,17). The lowest BCUT2D eigenvalue weighted by Gasteiger charge is -2.10. The molecule has 0 atom stereocenters. The Labute approximate surface area is 103 Å². The van der Waals surface area contributed by atoms with Gasteiger partial charge in [0.15, 0.2) is 0 Å². The number of pyridine rings is 1. The Kier molecular flexibility index (Phi) is 3.43. The third-order valence-electron chi connectivity index (χ3n) is 3.06. The number of aromatic nitrogens is 1. The molecular weight excluding hydrogens is 208 g/mol. The molecule has 0 spiro atoms. The van der Waals surface area contributed by atoms with Crippen molar-refractivity contribution in [3.63, 3.8) is 0 Å². The molecule has 0 radical (unpaired) electrons. The first-order chi connectivity index (χ1) is 8.24. The fourth-order valence-corrected chi connectivity index (χ4v) is 2.04. The SMILES string of the molecule is CCc1ccc(CC)c(-c2ccnc(N)c2)c1. The first-order valence-corrected chi connectivity index (χ1v) is 6.08. The third-order valence-corrected chi connectivity index (χ3v) is 3.06. The van der Waals surface area contributed by atoms with Gasteiger partial charge in [0.05, 0.1) is 0 Å². The highest BCUT2D eigenvalue weighted by molar-refractivity contribution is 5.70. The van der Waals surface area contributed by atoms with Crippen molar-refractivity contribution in [1.29, 1.82) is 0 Å². The summed E-state index contributed by atoms with van der Waals surface area (Å²) in [6.07, 6.45) is 3.85. The summed E-state index contributed by atoms with van der Waals surface area (Å²) in [6.45, 7) is 4.35. The Morgan fingerprint density at radius 3 is 2.53 bits per heavy atom. The number of nitrogens with zero attached hydrogens (tertiary/aromatic N) is 1. The number of anilines is 1. The molecule has 2 N–H and O–H groups in total. The molecule has 0 bridgehead atoms. The van der Waals surface area contributed by atoms with Gasteiger partial charge in [-0.15, -0.1) is 0 Å². The van der Waals surface area contributed by atoms with Gasteiger partial charge in [0.2, 0.25) is 0 Å². The van der Waals surface area contributed by atoms with Crippen LogP contribution in [-0.2, 0) is 12.8 Å². The maximum Gasteiger partial charge on any atom is 0.123 e. The Hall–Kier alpha value is -1.83. The molecule has 1 aromatic heterocycles. The van der Waals surface area contributed by atoms with Crippen LogP contribution in [0.1, 0.15) is 25.0 Å². The van der Waals surface area contributed by atoms with Crippen molar-refractivity contribution in [3.05, 3.63) is 47.7 Å². The molecule has 2 heteroatoms. The van der Waals surface area contributed by atoms with Gasteiger partial charge in [-0.05, 0) is 47.2 Å². The second kappa shape index (κ2) is 5.00. The largest absolute Gasteiger partial charge is 0.384 e. The molecule has 1 aromatic carbocycles. The summed E-state index contributed by atoms with van der Waals surface area (Å²) in [7, 11) is 0. The summed E-state index contributed by atoms with van der Waals surface area (Å²) in [4.78, 5) is 4.04. The van der Waals surface area contributed by atoms with Gasteiger partial charge in [-0.3, -0.25) is 0 Å². The van der Waals surface area contributed by atoms with E-state index in [0.717, 1.165) is 18.4 Å². The Morgan fingerprint density at radius 1 is 1.06 bits per heavy atom. The number of hydrogen-bond donors (Lipinski definition) is 1. The topological polar surface area (TPSA) is 38.9 Å². The maximum atomic E-state index is 5.75. The molecule has 1 heterocycles. The van der Waals surface area contributed by atoms with Crippen molar-refractivity contribution in [1.82, 2.24) is 4.98 Å². The molecule has 0 saturated heterocycles. The summed E-state index contributed by atoms with van der Waals surface area (Å²) in [5.74, 6) is 0.575. The smallest absolute Gasteiger partial charge is 0.123 e. The fourth-order valence-electron chi connectivity index (χ4n) is 2.04. The lowest BCUT2D eigenvalue weighted by molar-refractivity contribution is 1.10. The summed E-state index contributed by atoms with van der Waals surface area (Å²) in [6, 6.07) is 10.6. The maximum absolute atomic E-state index is 5.75. The van der Waals surface area contributed by atoms with Gasteiger partial charge in [0.1, 0.15) is 5.82 Å². The highest BCUT2D eigenvalue weighted by Crippen LogP contribution is 2.26. The molecule has 0 fully saturated rings. The predicted octanol–water partition coefficient (Wildman–Crippen LogP) is 3.46. The molecule has 0 aliphatic heterocycles. The molecular formula is C15H18N2. The summed E-state index contributed by atoms with van der Waals surface area (Å²) >= 11 is 0. The number of rotatable bonds is 3. The van der Waals surface area contributed by atoms with Gasteiger partial charge < -0.3 is 5.73 Å². The minimum atomic E-state index is 0.575. The highest BCUT2D eigenvalue weighted by Gasteiger charge is 2.05. The minimum Gasteiger partial charge on any atom is -0.384 e. The molecule has 2 rings (SSSR count). The van der Waals surface area contributed by atoms with Crippen LogP contribution >= 0.6 is 0 Å². The highest BCUT2D eigenvalue weighted by atomic mass is 14.8. The number of nitrogens with two attached hydrogens (primary N) is 1. The predicted molar refractivity (Wildman–Crippen MR) is 72.8 cm³/mol. The van der Waals surface area contributed by atoms with Crippen LogP contribution in [0.25, 0.3) is 11.1 Å². The van der Waals surface area contributed by atoms with E-state index in [4.69, 9.17) is 5.73 Å². The number of hydrogen-bond acceptors (Lipinski definition) is 2. The van der Waals surface area contributed by atoms with Crippen molar-refractivity contribution in [2.24, 2.45) is 0 Å². The van der Waals surface area contributed by atoms with E-state index in [1.54, 1.807) is 6.20 Å². The van der Waals surface area contributed by atoms with Gasteiger partial charge in [-0.25, -0.2) is 4.98 Å². The van der Waals surface area contributed by atoms with Crippen LogP contribution < -0.4 is 5.73 Å². The minimum absolute atomic E-state index is 0.575. The Bertz CT molecular complexity index is 518. The van der Waals surface area contributed by atoms with Crippen LogP contribution in [0.3, 0.4) is 0 Å². The van der Waals surface area contributed by atoms with Crippen LogP contribution in [-0.4, -0.2) is 4.98 Å². The Balaban J connectivity index is 2.56. The van der Waals surface area contributed by atoms with Crippen LogP contribution in [0.2, 0.25) is 0 Å². The molecule has 0 amide bonds. The zero-order valence-electron chi connectivity index (χ0n) is 10.4. The van der Waals surface area contributed by atoms with E-state index in [2.05, 4.69) is 37.0 Å². The van der Waals surface area contributed by atoms with E-state index >= 15 is 0 Å². The quantitative estimate of drug-likeness (QED) is 0.870. The molecule has 0 aliphatic carbocycles. The number of aryl methyl sites for hydroxylation is 2. The number of benzene rings is 1. The first kappa shape index (κ1) is 11.6. The van der Waals surface area contributed by atoms with Crippen LogP contribution in [0.5, 0.6) is 0 Å². The fraction of sp³-hybridized carbons (Fsp3) is 0.267. The lowest BCUT2D eigenvalue weighted by Crippen LogP contribution is -1.93. The third kappa shape index (κ3) is 2.47. The van der Waals surface area contributed by atoms with Gasteiger partial charge >= 0.3 is 0 Å². The van der Waals surface area contributed by atoms with E-state index in [1.807, 2.05) is 12.1 Å². The van der Waals surface area contributed by atoms with Crippen molar-refractivity contribution < 1.29 is 0 Å². The normalized spacial score (nSPS) is 10.5. The van der Waals surface area contributed by atoms with Crippen molar-refractivity contribution in [3.8, 4) is 11.1 Å². The van der Waals surface area contributed by atoms with Gasteiger partial charge in [0.25, 0.3) is 0 Å². The average Bonchev–Trinajstić information content (AvgIpc) is 2.38. The molecule has 2 aromatic rings. The molecule has 0 unspecified atom stereocenters. The number of nitrogen functional groups attached to an aromatic ring is 1. The molecule has 2 nitrogen and oxygen atoms in total. The second-order valence-electron chi connectivity index (χ2n) is 4.17.